The summed E-state index contributed by atoms with van der Waals surface area (Å²) in [6.45, 7) is 4.98. The van der Waals surface area contributed by atoms with Crippen LogP contribution in [0.1, 0.15) is 49.7 Å². The molecule has 1 aromatic carbocycles. The Kier molecular flexibility index (Phi) is 8.65. The van der Waals surface area contributed by atoms with E-state index in [1.165, 1.54) is 0 Å². The highest BCUT2D eigenvalue weighted by atomic mass is 19.4. The molecule has 0 atom stereocenters. The molecular weight excluding hydrogens is 420 g/mol. The van der Waals surface area contributed by atoms with Gasteiger partial charge in [0, 0.05) is 17.5 Å². The van der Waals surface area contributed by atoms with Gasteiger partial charge in [-0.1, -0.05) is 32.3 Å². The van der Waals surface area contributed by atoms with Crippen molar-refractivity contribution in [3.63, 3.8) is 0 Å². The largest absolute Gasteiger partial charge is 0.490 e. The molecule has 0 aliphatic rings. The molecule has 0 fully saturated rings. The highest BCUT2D eigenvalue weighted by Gasteiger charge is 2.37. The zero-order valence-corrected chi connectivity index (χ0v) is 17.1. The summed E-state index contributed by atoms with van der Waals surface area (Å²) in [5, 5.41) is -0.129. The number of hydrogen-bond acceptors (Lipinski definition) is 5. The number of halogens is 4. The molecule has 170 valence electrons. The van der Waals surface area contributed by atoms with E-state index in [-0.39, 0.29) is 28.9 Å². The van der Waals surface area contributed by atoms with Gasteiger partial charge in [-0.3, -0.25) is 0 Å². The number of esters is 1. The molecule has 5 nitrogen and oxygen atoms in total. The van der Waals surface area contributed by atoms with E-state index >= 15 is 0 Å². The highest BCUT2D eigenvalue weighted by molar-refractivity contribution is 5.82. The second-order valence-corrected chi connectivity index (χ2v) is 7.01. The maximum absolute atomic E-state index is 14.3. The van der Waals surface area contributed by atoms with Crippen LogP contribution in [-0.2, 0) is 15.7 Å². The topological polar surface area (TPSA) is 65.7 Å². The van der Waals surface area contributed by atoms with Crippen LogP contribution in [0.25, 0.3) is 11.0 Å². The first-order valence-corrected chi connectivity index (χ1v) is 9.91. The van der Waals surface area contributed by atoms with Gasteiger partial charge in [0.1, 0.15) is 11.1 Å². The number of ether oxygens (including phenoxy) is 2. The number of carbonyl (C=O) groups is 1. The van der Waals surface area contributed by atoms with Crippen molar-refractivity contribution in [3.05, 3.63) is 52.2 Å². The summed E-state index contributed by atoms with van der Waals surface area (Å²) in [6, 6.07) is 1.99. The molecule has 0 spiro atoms. The third kappa shape index (κ3) is 6.83. The number of fused-ring (bicyclic) bond motifs is 1. The van der Waals surface area contributed by atoms with Crippen LogP contribution in [0.2, 0.25) is 0 Å². The fourth-order valence-electron chi connectivity index (χ4n) is 3.11. The molecule has 0 amide bonds. The average Bonchev–Trinajstić information content (AvgIpc) is 2.69. The molecule has 0 aliphatic heterocycles. The van der Waals surface area contributed by atoms with Crippen LogP contribution in [0.5, 0.6) is 5.75 Å². The Morgan fingerprint density at radius 2 is 1.71 bits per heavy atom. The standard InChI is InChI=1S/C22H24F4O5/c1-3-19(27)30-11-9-7-5-4-6-8-10-29-18-13-17-15(12-16(18)23)14(2)20(21(28)31-17)22(24,25)26/h3,12-13H,1,4-11H2,2H3. The molecule has 0 N–H and O–H groups in total. The molecule has 2 aromatic rings. The molecule has 0 unspecified atom stereocenters. The number of aryl methyl sites for hydroxylation is 1. The van der Waals surface area contributed by atoms with Crippen LogP contribution in [0, 0.1) is 12.7 Å². The van der Waals surface area contributed by atoms with Gasteiger partial charge in [-0.15, -0.1) is 0 Å². The summed E-state index contributed by atoms with van der Waals surface area (Å²) in [4.78, 5) is 22.6. The van der Waals surface area contributed by atoms with E-state index in [1.807, 2.05) is 0 Å². The van der Waals surface area contributed by atoms with Gasteiger partial charge in [-0.05, 0) is 31.4 Å². The third-order valence-corrected chi connectivity index (χ3v) is 4.71. The van der Waals surface area contributed by atoms with Gasteiger partial charge < -0.3 is 13.9 Å². The number of benzene rings is 1. The maximum atomic E-state index is 14.3. The first-order chi connectivity index (χ1) is 14.6. The van der Waals surface area contributed by atoms with Gasteiger partial charge in [0.2, 0.25) is 0 Å². The zero-order chi connectivity index (χ0) is 23.0. The Morgan fingerprint density at radius 1 is 1.10 bits per heavy atom. The summed E-state index contributed by atoms with van der Waals surface area (Å²) < 4.78 is 68.3. The molecule has 1 heterocycles. The van der Waals surface area contributed by atoms with Gasteiger partial charge in [0.25, 0.3) is 0 Å². The molecular formula is C22H24F4O5. The minimum Gasteiger partial charge on any atom is -0.490 e. The Labute approximate surface area is 176 Å². The molecule has 0 radical (unpaired) electrons. The Morgan fingerprint density at radius 3 is 2.32 bits per heavy atom. The van der Waals surface area contributed by atoms with Crippen molar-refractivity contribution in [1.82, 2.24) is 0 Å². The van der Waals surface area contributed by atoms with Gasteiger partial charge in [0.15, 0.2) is 11.6 Å². The number of rotatable bonds is 11. The summed E-state index contributed by atoms with van der Waals surface area (Å²) in [5.41, 5.74) is -3.51. The van der Waals surface area contributed by atoms with E-state index in [1.54, 1.807) is 0 Å². The quantitative estimate of drug-likeness (QED) is 0.146. The molecule has 0 saturated carbocycles. The summed E-state index contributed by atoms with van der Waals surface area (Å²) in [7, 11) is 0. The fourth-order valence-corrected chi connectivity index (χ4v) is 3.11. The SMILES string of the molecule is C=CC(=O)OCCCCCCCCOc1cc2oc(=O)c(C(F)(F)F)c(C)c2cc1F. The fraction of sp³-hybridized carbons (Fsp3) is 0.455. The zero-order valence-electron chi connectivity index (χ0n) is 17.1. The maximum Gasteiger partial charge on any atom is 0.423 e. The number of hydrogen-bond donors (Lipinski definition) is 0. The first kappa shape index (κ1) is 24.4. The van der Waals surface area contributed by atoms with E-state index in [0.717, 1.165) is 57.2 Å². The van der Waals surface area contributed by atoms with Gasteiger partial charge in [0.05, 0.1) is 13.2 Å². The summed E-state index contributed by atoms with van der Waals surface area (Å²) in [6.07, 6.45) is 1.26. The van der Waals surface area contributed by atoms with Gasteiger partial charge >= 0.3 is 17.8 Å². The van der Waals surface area contributed by atoms with E-state index < -0.39 is 29.2 Å². The highest BCUT2D eigenvalue weighted by Crippen LogP contribution is 2.34. The number of unbranched alkanes of at least 4 members (excludes halogenated alkanes) is 5. The van der Waals surface area contributed by atoms with Crippen molar-refractivity contribution in [2.45, 2.75) is 51.6 Å². The summed E-state index contributed by atoms with van der Waals surface area (Å²) in [5.74, 6) is -1.45. The van der Waals surface area contributed by atoms with E-state index in [9.17, 15) is 27.2 Å². The second-order valence-electron chi connectivity index (χ2n) is 7.01. The van der Waals surface area contributed by atoms with Crippen molar-refractivity contribution in [1.29, 1.82) is 0 Å². The van der Waals surface area contributed by atoms with Gasteiger partial charge in [-0.2, -0.15) is 13.2 Å². The lowest BCUT2D eigenvalue weighted by Gasteiger charge is -2.12. The minimum atomic E-state index is -4.89. The first-order valence-electron chi connectivity index (χ1n) is 9.91. The van der Waals surface area contributed by atoms with Crippen LogP contribution in [0.15, 0.2) is 34.0 Å². The van der Waals surface area contributed by atoms with Crippen LogP contribution in [0.3, 0.4) is 0 Å². The monoisotopic (exact) mass is 444 g/mol. The second kappa shape index (κ2) is 11.0. The lowest BCUT2D eigenvalue weighted by Crippen LogP contribution is -2.20. The Balaban J connectivity index is 1.84. The van der Waals surface area contributed by atoms with Crippen LogP contribution in [-0.4, -0.2) is 19.2 Å². The molecule has 2 rings (SSSR count). The molecule has 9 heteroatoms. The third-order valence-electron chi connectivity index (χ3n) is 4.71. The molecule has 0 bridgehead atoms. The van der Waals surface area contributed by atoms with Crippen molar-refractivity contribution < 1.29 is 36.2 Å². The van der Waals surface area contributed by atoms with E-state index in [2.05, 4.69) is 6.58 Å². The molecule has 1 aromatic heterocycles. The predicted molar refractivity (Wildman–Crippen MR) is 107 cm³/mol. The Bertz CT molecular complexity index is 978. The molecule has 0 saturated heterocycles. The lowest BCUT2D eigenvalue weighted by atomic mass is 10.1. The van der Waals surface area contributed by atoms with Crippen molar-refractivity contribution in [2.75, 3.05) is 13.2 Å². The lowest BCUT2D eigenvalue weighted by molar-refractivity contribution is -0.140. The van der Waals surface area contributed by atoms with Crippen molar-refractivity contribution in [2.24, 2.45) is 0 Å². The predicted octanol–water partition coefficient (Wildman–Crippen LogP) is 5.71. The average molecular weight is 444 g/mol. The van der Waals surface area contributed by atoms with Gasteiger partial charge in [-0.25, -0.2) is 14.0 Å². The number of alkyl halides is 3. The summed E-state index contributed by atoms with van der Waals surface area (Å²) >= 11 is 0. The molecule has 31 heavy (non-hydrogen) atoms. The van der Waals surface area contributed by atoms with Crippen LogP contribution >= 0.6 is 0 Å². The minimum absolute atomic E-state index is 0.129. The van der Waals surface area contributed by atoms with Crippen molar-refractivity contribution >= 4 is 16.9 Å². The van der Waals surface area contributed by atoms with E-state index in [0.29, 0.717) is 13.0 Å². The van der Waals surface area contributed by atoms with Crippen LogP contribution < -0.4 is 10.4 Å². The van der Waals surface area contributed by atoms with Crippen LogP contribution in [0.4, 0.5) is 17.6 Å². The smallest absolute Gasteiger partial charge is 0.423 e. The Hall–Kier alpha value is -2.84. The number of carbonyl (C=O) groups excluding carboxylic acids is 1. The van der Waals surface area contributed by atoms with Crippen molar-refractivity contribution in [3.8, 4) is 5.75 Å². The molecule has 0 aliphatic carbocycles. The normalized spacial score (nSPS) is 11.5. The van der Waals surface area contributed by atoms with E-state index in [4.69, 9.17) is 13.9 Å².